The van der Waals surface area contributed by atoms with Crippen LogP contribution in [0, 0.1) is 5.82 Å². The maximum absolute atomic E-state index is 13.4. The number of carbonyl (C=O) groups is 1. The van der Waals surface area contributed by atoms with Gasteiger partial charge in [-0.2, -0.15) is 17.6 Å². The number of rotatable bonds is 3. The number of anilines is 1. The highest BCUT2D eigenvalue weighted by atomic mass is 35.5. The topological polar surface area (TPSA) is 38.3 Å². The van der Waals surface area contributed by atoms with Crippen LogP contribution in [0.5, 0.6) is 0 Å². The number of benzene rings is 1. The molecule has 0 unspecified atom stereocenters. The van der Waals surface area contributed by atoms with Crippen LogP contribution in [0.3, 0.4) is 0 Å². The first-order valence-corrected chi connectivity index (χ1v) is 5.07. The molecule has 0 radical (unpaired) electrons. The second kappa shape index (κ2) is 5.30. The second-order valence-corrected chi connectivity index (χ2v) is 3.79. The standard InChI is InChI=1S/C10H7ClF5NO2/c1-19-9(13,10(14,15)16)8(18)17-5-2-3-7(12)6(11)4-5/h2-4H,1H3,(H,17,18)/t9-/m0/s1. The lowest BCUT2D eigenvalue weighted by Crippen LogP contribution is -2.52. The summed E-state index contributed by atoms with van der Waals surface area (Å²) in [6.07, 6.45) is -5.56. The van der Waals surface area contributed by atoms with Gasteiger partial charge in [0.25, 0.3) is 5.91 Å². The van der Waals surface area contributed by atoms with Crippen LogP contribution in [-0.2, 0) is 9.53 Å². The van der Waals surface area contributed by atoms with E-state index in [0.717, 1.165) is 18.2 Å². The predicted molar refractivity (Wildman–Crippen MR) is 56.9 cm³/mol. The van der Waals surface area contributed by atoms with Crippen LogP contribution in [-0.4, -0.2) is 25.0 Å². The lowest BCUT2D eigenvalue weighted by molar-refractivity contribution is -0.305. The molecule has 19 heavy (non-hydrogen) atoms. The molecule has 0 aliphatic rings. The zero-order valence-electron chi connectivity index (χ0n) is 9.32. The van der Waals surface area contributed by atoms with Crippen LogP contribution >= 0.6 is 11.6 Å². The van der Waals surface area contributed by atoms with Gasteiger partial charge in [0, 0.05) is 12.8 Å². The van der Waals surface area contributed by atoms with Gasteiger partial charge in [0.05, 0.1) is 5.02 Å². The summed E-state index contributed by atoms with van der Waals surface area (Å²) >= 11 is 5.36. The summed E-state index contributed by atoms with van der Waals surface area (Å²) in [5.74, 6) is -7.44. The Morgan fingerprint density at radius 1 is 1.32 bits per heavy atom. The normalized spacial score (nSPS) is 14.9. The van der Waals surface area contributed by atoms with Crippen molar-refractivity contribution in [1.82, 2.24) is 0 Å². The van der Waals surface area contributed by atoms with Gasteiger partial charge in [0.1, 0.15) is 5.82 Å². The van der Waals surface area contributed by atoms with Gasteiger partial charge in [0.2, 0.25) is 0 Å². The van der Waals surface area contributed by atoms with Gasteiger partial charge in [-0.05, 0) is 18.2 Å². The summed E-state index contributed by atoms with van der Waals surface area (Å²) < 4.78 is 66.9. The lowest BCUT2D eigenvalue weighted by atomic mass is 10.2. The van der Waals surface area contributed by atoms with Gasteiger partial charge in [0.15, 0.2) is 0 Å². The Morgan fingerprint density at radius 3 is 2.32 bits per heavy atom. The fourth-order valence-corrected chi connectivity index (χ4v) is 1.30. The Morgan fingerprint density at radius 2 is 1.89 bits per heavy atom. The van der Waals surface area contributed by atoms with E-state index in [0.29, 0.717) is 7.11 Å². The van der Waals surface area contributed by atoms with E-state index >= 15 is 0 Å². The molecule has 0 aliphatic carbocycles. The molecule has 3 nitrogen and oxygen atoms in total. The van der Waals surface area contributed by atoms with Crippen LogP contribution < -0.4 is 5.32 Å². The van der Waals surface area contributed by atoms with Gasteiger partial charge in [-0.1, -0.05) is 11.6 Å². The van der Waals surface area contributed by atoms with E-state index < -0.39 is 28.8 Å². The monoisotopic (exact) mass is 303 g/mol. The van der Waals surface area contributed by atoms with E-state index in [9.17, 15) is 26.7 Å². The van der Waals surface area contributed by atoms with Crippen molar-refractivity contribution >= 4 is 23.2 Å². The summed E-state index contributed by atoms with van der Waals surface area (Å²) in [5.41, 5.74) is -0.306. The fourth-order valence-electron chi connectivity index (χ4n) is 1.12. The molecule has 1 amide bonds. The zero-order chi connectivity index (χ0) is 14.8. The molecule has 106 valence electrons. The number of nitrogens with one attached hydrogen (secondary N) is 1. The third-order valence-electron chi connectivity index (χ3n) is 2.12. The minimum absolute atomic E-state index is 0.306. The van der Waals surface area contributed by atoms with Crippen LogP contribution in [0.4, 0.5) is 27.6 Å². The smallest absolute Gasteiger partial charge is 0.335 e. The summed E-state index contributed by atoms with van der Waals surface area (Å²) in [6, 6.07) is 2.56. The van der Waals surface area contributed by atoms with E-state index in [1.54, 1.807) is 5.32 Å². The van der Waals surface area contributed by atoms with Crippen LogP contribution in [0.15, 0.2) is 18.2 Å². The number of halogens is 6. The molecule has 1 atom stereocenters. The molecule has 0 aliphatic heterocycles. The summed E-state index contributed by atoms with van der Waals surface area (Å²) in [7, 11) is 0.394. The first-order valence-electron chi connectivity index (χ1n) is 4.69. The van der Waals surface area contributed by atoms with Crippen LogP contribution in [0.2, 0.25) is 5.02 Å². The molecule has 0 saturated carbocycles. The highest BCUT2D eigenvalue weighted by molar-refractivity contribution is 6.31. The van der Waals surface area contributed by atoms with Crippen molar-refractivity contribution in [3.8, 4) is 0 Å². The fraction of sp³-hybridized carbons (Fsp3) is 0.300. The Balaban J connectivity index is 2.98. The van der Waals surface area contributed by atoms with Gasteiger partial charge < -0.3 is 10.1 Å². The van der Waals surface area contributed by atoms with Gasteiger partial charge in [-0.3, -0.25) is 4.79 Å². The molecule has 1 rings (SSSR count). The van der Waals surface area contributed by atoms with E-state index in [1.807, 2.05) is 0 Å². The quantitative estimate of drug-likeness (QED) is 0.870. The van der Waals surface area contributed by atoms with Crippen molar-refractivity contribution in [2.45, 2.75) is 12.0 Å². The maximum Gasteiger partial charge on any atom is 0.458 e. The minimum atomic E-state index is -5.56. The molecule has 0 saturated heterocycles. The number of carbonyl (C=O) groups excluding carboxylic acids is 1. The van der Waals surface area contributed by atoms with Gasteiger partial charge in [-0.25, -0.2) is 4.39 Å². The van der Waals surface area contributed by atoms with Crippen molar-refractivity contribution in [2.24, 2.45) is 0 Å². The Kier molecular flexibility index (Phi) is 4.36. The molecule has 1 aromatic rings. The van der Waals surface area contributed by atoms with Gasteiger partial charge in [-0.15, -0.1) is 0 Å². The minimum Gasteiger partial charge on any atom is -0.335 e. The summed E-state index contributed by atoms with van der Waals surface area (Å²) in [4.78, 5) is 11.2. The SMILES string of the molecule is CO[C@@](F)(C(=O)Nc1ccc(F)c(Cl)c1)C(F)(F)F. The van der Waals surface area contributed by atoms with Crippen molar-refractivity contribution in [2.75, 3.05) is 12.4 Å². The zero-order valence-corrected chi connectivity index (χ0v) is 10.1. The molecule has 0 heterocycles. The predicted octanol–water partition coefficient (Wildman–Crippen LogP) is 3.29. The molecule has 1 N–H and O–H groups in total. The first kappa shape index (κ1) is 15.6. The number of amides is 1. The molecular weight excluding hydrogens is 297 g/mol. The second-order valence-electron chi connectivity index (χ2n) is 3.38. The largest absolute Gasteiger partial charge is 0.458 e. The van der Waals surface area contributed by atoms with E-state index in [4.69, 9.17) is 11.6 Å². The average Bonchev–Trinajstić information content (AvgIpc) is 2.31. The summed E-state index contributed by atoms with van der Waals surface area (Å²) in [6.45, 7) is 0. The van der Waals surface area contributed by atoms with Crippen LogP contribution in [0.25, 0.3) is 0 Å². The molecule has 0 bridgehead atoms. The third-order valence-corrected chi connectivity index (χ3v) is 2.41. The maximum atomic E-state index is 13.4. The summed E-state index contributed by atoms with van der Waals surface area (Å²) in [5, 5.41) is 1.16. The Bertz CT molecular complexity index is 493. The molecule has 0 spiro atoms. The van der Waals surface area contributed by atoms with Gasteiger partial charge >= 0.3 is 12.0 Å². The molecular formula is C10H7ClF5NO2. The van der Waals surface area contributed by atoms with Crippen molar-refractivity contribution in [3.05, 3.63) is 29.0 Å². The average molecular weight is 304 g/mol. The lowest BCUT2D eigenvalue weighted by Gasteiger charge is -2.24. The van der Waals surface area contributed by atoms with Crippen molar-refractivity contribution < 1.29 is 31.5 Å². The van der Waals surface area contributed by atoms with Crippen molar-refractivity contribution in [1.29, 1.82) is 0 Å². The molecule has 9 heteroatoms. The number of hydrogen-bond acceptors (Lipinski definition) is 2. The van der Waals surface area contributed by atoms with E-state index in [-0.39, 0.29) is 5.69 Å². The molecule has 1 aromatic carbocycles. The third kappa shape index (κ3) is 3.13. The van der Waals surface area contributed by atoms with E-state index in [2.05, 4.69) is 4.74 Å². The first-order chi connectivity index (χ1) is 8.61. The van der Waals surface area contributed by atoms with Crippen LogP contribution in [0.1, 0.15) is 0 Å². The highest BCUT2D eigenvalue weighted by Gasteiger charge is 2.63. The van der Waals surface area contributed by atoms with Crippen molar-refractivity contribution in [3.63, 3.8) is 0 Å². The number of alkyl halides is 4. The Labute approximate surface area is 109 Å². The number of hydrogen-bond donors (Lipinski definition) is 1. The molecule has 0 fully saturated rings. The highest BCUT2D eigenvalue weighted by Crippen LogP contribution is 2.35. The number of methoxy groups -OCH3 is 1. The molecule has 0 aromatic heterocycles. The van der Waals surface area contributed by atoms with E-state index in [1.165, 1.54) is 0 Å². The number of ether oxygens (including phenoxy) is 1. The Hall–Kier alpha value is -1.41.